The van der Waals surface area contributed by atoms with Gasteiger partial charge in [-0.05, 0) is 25.8 Å². The third-order valence-electron chi connectivity index (χ3n) is 7.26. The zero-order valence-electron chi connectivity index (χ0n) is 19.1. The number of hydrogen-bond acceptors (Lipinski definition) is 4. The monoisotopic (exact) mass is 496 g/mol. The van der Waals surface area contributed by atoms with E-state index in [9.17, 15) is 31.5 Å². The molecular weight excluding hydrogens is 471 g/mol. The third-order valence-corrected chi connectivity index (χ3v) is 7.26. The third kappa shape index (κ3) is 4.30. The molecule has 0 spiro atoms. The number of alkyl halides is 4. The Hall–Kier alpha value is -2.95. The van der Waals surface area contributed by atoms with Crippen molar-refractivity contribution < 1.29 is 26.7 Å². The van der Waals surface area contributed by atoms with Crippen LogP contribution in [0.1, 0.15) is 53.3 Å². The number of benzene rings is 1. The molecule has 0 radical (unpaired) electrons. The average molecular weight is 496 g/mol. The molecule has 1 unspecified atom stereocenters. The average Bonchev–Trinajstić information content (AvgIpc) is 3.54. The van der Waals surface area contributed by atoms with E-state index in [0.717, 1.165) is 36.0 Å². The molecule has 35 heavy (non-hydrogen) atoms. The van der Waals surface area contributed by atoms with E-state index in [2.05, 4.69) is 15.5 Å². The summed E-state index contributed by atoms with van der Waals surface area (Å²) in [6.07, 6.45) is -2.41. The lowest BCUT2D eigenvalue weighted by Crippen LogP contribution is -2.32. The molecule has 1 saturated heterocycles. The number of nitrogens with zero attached hydrogens (tertiary/aromatic N) is 2. The fraction of sp³-hybridized carbons (Fsp3) is 0.500. The van der Waals surface area contributed by atoms with Gasteiger partial charge in [-0.1, -0.05) is 18.2 Å². The van der Waals surface area contributed by atoms with Gasteiger partial charge in [0.05, 0.1) is 22.9 Å². The van der Waals surface area contributed by atoms with E-state index in [1.54, 1.807) is 0 Å². The van der Waals surface area contributed by atoms with Crippen LogP contribution < -0.4 is 16.2 Å². The quantitative estimate of drug-likeness (QED) is 0.570. The number of rotatable bonds is 7. The largest absolute Gasteiger partial charge is 0.381 e. The van der Waals surface area contributed by atoms with Gasteiger partial charge in [-0.2, -0.15) is 0 Å². The number of aromatic nitrogens is 1. The van der Waals surface area contributed by atoms with E-state index < -0.39 is 53.7 Å². The molecule has 3 aliphatic rings. The Bertz CT molecular complexity index is 1220. The van der Waals surface area contributed by atoms with E-state index in [0.29, 0.717) is 11.8 Å². The highest BCUT2D eigenvalue weighted by atomic mass is 19.3. The van der Waals surface area contributed by atoms with Crippen LogP contribution in [0.15, 0.2) is 35.3 Å². The van der Waals surface area contributed by atoms with Gasteiger partial charge in [-0.3, -0.25) is 9.59 Å². The summed E-state index contributed by atoms with van der Waals surface area (Å²) in [6, 6.07) is 2.40. The second-order valence-electron chi connectivity index (χ2n) is 9.79. The Morgan fingerprint density at radius 2 is 1.80 bits per heavy atom. The number of carbonyl (C=O) groups is 1. The van der Waals surface area contributed by atoms with E-state index in [1.165, 1.54) is 19.1 Å². The van der Waals surface area contributed by atoms with Crippen LogP contribution in [0.2, 0.25) is 0 Å². The van der Waals surface area contributed by atoms with E-state index >= 15 is 0 Å². The van der Waals surface area contributed by atoms with Crippen LogP contribution in [0.4, 0.5) is 27.6 Å². The number of piperidine rings is 1. The molecule has 2 aliphatic carbocycles. The van der Waals surface area contributed by atoms with Crippen LogP contribution in [0, 0.1) is 17.7 Å². The van der Waals surface area contributed by atoms with Crippen LogP contribution in [0.3, 0.4) is 0 Å². The Morgan fingerprint density at radius 3 is 2.40 bits per heavy atom. The summed E-state index contributed by atoms with van der Waals surface area (Å²) in [5.74, 6) is -4.17. The standard InChI is InChI=1S/C24H25F5N4O2/c1-11(12-4-3-5-13(20(12)25)22(26)27)30-23(35)16-10-33(18-7-24(18,28)29)19(34)6-17(16)31-21-14-8-32(2)9-15(14)21/h3-6,10-11,14-15,18,21-22,31H,7-9H2,1-2H3,(H,30,35)/t11-,14-,15+,18+,21?/m1/s1. The zero-order chi connectivity index (χ0) is 25.2. The van der Waals surface area contributed by atoms with Gasteiger partial charge in [-0.15, -0.1) is 0 Å². The molecule has 3 fully saturated rings. The topological polar surface area (TPSA) is 66.4 Å². The summed E-state index contributed by atoms with van der Waals surface area (Å²) < 4.78 is 69.0. The number of anilines is 1. The lowest BCUT2D eigenvalue weighted by molar-refractivity contribution is 0.0930. The van der Waals surface area contributed by atoms with Gasteiger partial charge in [-0.25, -0.2) is 22.0 Å². The maximum absolute atomic E-state index is 14.6. The minimum atomic E-state index is -3.03. The molecule has 11 heteroatoms. The smallest absolute Gasteiger partial charge is 0.270 e. The maximum Gasteiger partial charge on any atom is 0.270 e. The minimum Gasteiger partial charge on any atom is -0.381 e. The first kappa shape index (κ1) is 23.8. The van der Waals surface area contributed by atoms with Crippen molar-refractivity contribution >= 4 is 11.6 Å². The molecule has 5 rings (SSSR count). The second kappa shape index (κ2) is 8.32. The highest BCUT2D eigenvalue weighted by molar-refractivity contribution is 5.99. The van der Waals surface area contributed by atoms with Crippen LogP contribution in [0.25, 0.3) is 0 Å². The van der Waals surface area contributed by atoms with Crippen LogP contribution in [-0.2, 0) is 0 Å². The molecule has 5 atom stereocenters. The minimum absolute atomic E-state index is 0.0390. The number of halogens is 5. The molecule has 0 bridgehead atoms. The van der Waals surface area contributed by atoms with Crippen molar-refractivity contribution in [3.05, 3.63) is 63.3 Å². The summed E-state index contributed by atoms with van der Waals surface area (Å²) in [5.41, 5.74) is -1.39. The maximum atomic E-state index is 14.6. The number of amides is 1. The molecule has 2 N–H and O–H groups in total. The number of hydrogen-bond donors (Lipinski definition) is 2. The van der Waals surface area contributed by atoms with Crippen molar-refractivity contribution in [2.75, 3.05) is 25.5 Å². The number of fused-ring (bicyclic) bond motifs is 1. The molecule has 1 aromatic heterocycles. The molecule has 2 saturated carbocycles. The summed E-state index contributed by atoms with van der Waals surface area (Å²) in [4.78, 5) is 28.0. The number of likely N-dealkylation sites (tertiary alicyclic amines) is 1. The summed E-state index contributed by atoms with van der Waals surface area (Å²) in [7, 11) is 2.00. The van der Waals surface area contributed by atoms with E-state index in [-0.39, 0.29) is 22.9 Å². The molecule has 1 amide bonds. The molecule has 1 aliphatic heterocycles. The van der Waals surface area contributed by atoms with Gasteiger partial charge in [0.2, 0.25) is 0 Å². The predicted molar refractivity (Wildman–Crippen MR) is 118 cm³/mol. The van der Waals surface area contributed by atoms with Crippen molar-refractivity contribution in [2.45, 2.75) is 43.8 Å². The predicted octanol–water partition coefficient (Wildman–Crippen LogP) is 3.97. The number of carbonyl (C=O) groups excluding carboxylic acids is 1. The zero-order valence-corrected chi connectivity index (χ0v) is 19.1. The fourth-order valence-corrected chi connectivity index (χ4v) is 5.15. The lowest BCUT2D eigenvalue weighted by Gasteiger charge is -2.20. The van der Waals surface area contributed by atoms with Crippen molar-refractivity contribution in [1.29, 1.82) is 0 Å². The number of nitrogens with one attached hydrogen (secondary N) is 2. The molecule has 2 aromatic rings. The second-order valence-corrected chi connectivity index (χ2v) is 9.79. The molecule has 2 heterocycles. The van der Waals surface area contributed by atoms with Crippen molar-refractivity contribution in [1.82, 2.24) is 14.8 Å². The van der Waals surface area contributed by atoms with Crippen molar-refractivity contribution in [3.63, 3.8) is 0 Å². The van der Waals surface area contributed by atoms with Gasteiger partial charge in [0.1, 0.15) is 11.9 Å². The van der Waals surface area contributed by atoms with Gasteiger partial charge in [0, 0.05) is 43.4 Å². The van der Waals surface area contributed by atoms with Crippen LogP contribution >= 0.6 is 0 Å². The molecule has 1 aromatic carbocycles. The molecular formula is C24H25F5N4O2. The first-order valence-corrected chi connectivity index (χ1v) is 11.4. The Kier molecular flexibility index (Phi) is 5.65. The van der Waals surface area contributed by atoms with Gasteiger partial charge < -0.3 is 20.1 Å². The van der Waals surface area contributed by atoms with Gasteiger partial charge in [0.25, 0.3) is 23.8 Å². The van der Waals surface area contributed by atoms with Gasteiger partial charge >= 0.3 is 0 Å². The van der Waals surface area contributed by atoms with Crippen molar-refractivity contribution in [2.24, 2.45) is 11.8 Å². The Balaban J connectivity index is 1.43. The number of pyridine rings is 1. The van der Waals surface area contributed by atoms with E-state index in [4.69, 9.17) is 0 Å². The summed E-state index contributed by atoms with van der Waals surface area (Å²) in [5, 5.41) is 5.79. The summed E-state index contributed by atoms with van der Waals surface area (Å²) in [6.45, 7) is 3.17. The van der Waals surface area contributed by atoms with Gasteiger partial charge in [0.15, 0.2) is 0 Å². The van der Waals surface area contributed by atoms with Crippen LogP contribution in [0.5, 0.6) is 0 Å². The normalized spacial score (nSPS) is 27.4. The first-order chi connectivity index (χ1) is 16.5. The molecule has 6 nitrogen and oxygen atoms in total. The highest BCUT2D eigenvalue weighted by Crippen LogP contribution is 2.52. The Morgan fingerprint density at radius 1 is 1.17 bits per heavy atom. The first-order valence-electron chi connectivity index (χ1n) is 11.4. The summed E-state index contributed by atoms with van der Waals surface area (Å²) >= 11 is 0. The molecule has 188 valence electrons. The van der Waals surface area contributed by atoms with Crippen molar-refractivity contribution in [3.8, 4) is 0 Å². The fourth-order valence-electron chi connectivity index (χ4n) is 5.15. The lowest BCUT2D eigenvalue weighted by atomic mass is 10.0. The SMILES string of the molecule is C[C@@H](NC(=O)c1cn([C@H]2CC2(F)F)c(=O)cc1NC1[C@H]2CN(C)C[C@@H]12)c1cccc(C(F)F)c1F. The van der Waals surface area contributed by atoms with E-state index in [1.807, 2.05) is 7.05 Å². The van der Waals surface area contributed by atoms with Crippen LogP contribution in [-0.4, -0.2) is 47.5 Å². The highest BCUT2D eigenvalue weighted by Gasteiger charge is 2.59. The Labute approximate surface area is 198 Å².